The van der Waals surface area contributed by atoms with Gasteiger partial charge in [0.05, 0.1) is 23.1 Å². The van der Waals surface area contributed by atoms with E-state index in [0.29, 0.717) is 53.9 Å². The van der Waals surface area contributed by atoms with Crippen molar-refractivity contribution in [2.45, 2.75) is 32.2 Å². The molecule has 4 heterocycles. The van der Waals surface area contributed by atoms with E-state index in [2.05, 4.69) is 25.9 Å². The second-order valence-corrected chi connectivity index (χ2v) is 8.25. The van der Waals surface area contributed by atoms with Crippen molar-refractivity contribution in [2.24, 2.45) is 0 Å². The number of fused-ring (bicyclic) bond motifs is 1. The lowest BCUT2D eigenvalue weighted by molar-refractivity contribution is 0.0947. The van der Waals surface area contributed by atoms with Crippen molar-refractivity contribution in [1.29, 1.82) is 0 Å². The Hall–Kier alpha value is -3.39. The largest absolute Gasteiger partial charge is 0.490 e. The van der Waals surface area contributed by atoms with Crippen LogP contribution in [-0.4, -0.2) is 41.6 Å². The molecule has 1 saturated heterocycles. The number of amides is 1. The Morgan fingerprint density at radius 3 is 3.03 bits per heavy atom. The number of rotatable bonds is 6. The van der Waals surface area contributed by atoms with Gasteiger partial charge in [0.25, 0.3) is 5.91 Å². The number of hydrogen-bond acceptors (Lipinski definition) is 5. The van der Waals surface area contributed by atoms with Crippen LogP contribution in [0.25, 0.3) is 11.3 Å². The molecular weight excluding hydrogens is 409 g/mol. The van der Waals surface area contributed by atoms with E-state index in [-0.39, 0.29) is 11.7 Å². The fourth-order valence-electron chi connectivity index (χ4n) is 4.37. The number of ether oxygens (including phenoxy) is 1. The standard InChI is InChI=1S/C24H26FN5O2/c1-14-17(25)5-2-6-18(14)29-23-21-19(8-11-28-24(21)31)30-22(23)16-7-10-26-12-20(16)32-13-15-4-3-9-27-15/h2,5-7,10,12,15,27,29-30H,3-4,8-9,11,13H2,1H3,(H,28,31)/t15-/m0/s1. The molecule has 0 unspecified atom stereocenters. The highest BCUT2D eigenvalue weighted by Gasteiger charge is 2.28. The maximum absolute atomic E-state index is 14.2. The van der Waals surface area contributed by atoms with Gasteiger partial charge in [-0.3, -0.25) is 9.78 Å². The molecule has 0 saturated carbocycles. The van der Waals surface area contributed by atoms with Crippen molar-refractivity contribution in [3.05, 3.63) is 59.3 Å². The van der Waals surface area contributed by atoms with Gasteiger partial charge < -0.3 is 25.7 Å². The number of carbonyl (C=O) groups is 1. The lowest BCUT2D eigenvalue weighted by Crippen LogP contribution is -2.31. The monoisotopic (exact) mass is 435 g/mol. The maximum Gasteiger partial charge on any atom is 0.255 e. The number of aromatic amines is 1. The number of H-pyrrole nitrogens is 1. The topological polar surface area (TPSA) is 91.1 Å². The van der Waals surface area contributed by atoms with Gasteiger partial charge in [-0.1, -0.05) is 6.07 Å². The van der Waals surface area contributed by atoms with E-state index in [4.69, 9.17) is 4.74 Å². The molecular formula is C24H26FN5O2. The third-order valence-electron chi connectivity index (χ3n) is 6.15. The fraction of sp³-hybridized carbons (Fsp3) is 0.333. The van der Waals surface area contributed by atoms with E-state index in [1.807, 2.05) is 6.07 Å². The molecule has 1 aromatic carbocycles. The van der Waals surface area contributed by atoms with Crippen LogP contribution >= 0.6 is 0 Å². The quantitative estimate of drug-likeness (QED) is 0.474. The van der Waals surface area contributed by atoms with Gasteiger partial charge in [0.1, 0.15) is 18.2 Å². The summed E-state index contributed by atoms with van der Waals surface area (Å²) in [4.78, 5) is 20.5. The zero-order valence-corrected chi connectivity index (χ0v) is 17.9. The van der Waals surface area contributed by atoms with Crippen LogP contribution in [0.15, 0.2) is 36.7 Å². The Morgan fingerprint density at radius 2 is 2.19 bits per heavy atom. The summed E-state index contributed by atoms with van der Waals surface area (Å²) < 4.78 is 20.3. The molecule has 5 rings (SSSR count). The van der Waals surface area contributed by atoms with Crippen molar-refractivity contribution in [3.63, 3.8) is 0 Å². The van der Waals surface area contributed by atoms with Crippen LogP contribution in [0.4, 0.5) is 15.8 Å². The van der Waals surface area contributed by atoms with Crippen molar-refractivity contribution < 1.29 is 13.9 Å². The minimum atomic E-state index is -0.303. The summed E-state index contributed by atoms with van der Waals surface area (Å²) in [6, 6.07) is 7.07. The molecule has 2 aliphatic heterocycles. The number of nitrogens with zero attached hydrogens (tertiary/aromatic N) is 1. The Morgan fingerprint density at radius 1 is 1.28 bits per heavy atom. The average Bonchev–Trinajstić information content (AvgIpc) is 3.44. The first kappa shape index (κ1) is 20.5. The van der Waals surface area contributed by atoms with Crippen molar-refractivity contribution in [1.82, 2.24) is 20.6 Å². The predicted octanol–water partition coefficient (Wildman–Crippen LogP) is 3.68. The first-order valence-corrected chi connectivity index (χ1v) is 11.0. The predicted molar refractivity (Wildman–Crippen MR) is 121 cm³/mol. The van der Waals surface area contributed by atoms with Gasteiger partial charge in [0.2, 0.25) is 0 Å². The lowest BCUT2D eigenvalue weighted by atomic mass is 10.0. The number of anilines is 2. The highest BCUT2D eigenvalue weighted by molar-refractivity contribution is 6.06. The molecule has 3 aromatic rings. The summed E-state index contributed by atoms with van der Waals surface area (Å²) in [5.41, 5.74) is 4.64. The third-order valence-corrected chi connectivity index (χ3v) is 6.15. The van der Waals surface area contributed by atoms with E-state index < -0.39 is 0 Å². The SMILES string of the molecule is Cc1c(F)cccc1Nc1c(-c2ccncc2OC[C@@H]2CCCN2)[nH]c2c1C(=O)NCC2. The van der Waals surface area contributed by atoms with Crippen LogP contribution in [0, 0.1) is 12.7 Å². The van der Waals surface area contributed by atoms with Crippen LogP contribution in [0.2, 0.25) is 0 Å². The summed E-state index contributed by atoms with van der Waals surface area (Å²) in [6.07, 6.45) is 6.31. The number of aromatic nitrogens is 2. The Labute approximate surface area is 185 Å². The van der Waals surface area contributed by atoms with Gasteiger partial charge in [0.15, 0.2) is 0 Å². The molecule has 2 aromatic heterocycles. The fourth-order valence-corrected chi connectivity index (χ4v) is 4.37. The molecule has 1 amide bonds. The molecule has 4 N–H and O–H groups in total. The molecule has 0 radical (unpaired) electrons. The molecule has 7 nitrogen and oxygen atoms in total. The molecule has 2 aliphatic rings. The molecule has 0 spiro atoms. The van der Waals surface area contributed by atoms with Gasteiger partial charge in [-0.05, 0) is 44.5 Å². The van der Waals surface area contributed by atoms with Gasteiger partial charge in [0, 0.05) is 47.7 Å². The average molecular weight is 436 g/mol. The summed E-state index contributed by atoms with van der Waals surface area (Å²) in [5.74, 6) is 0.179. The third kappa shape index (κ3) is 3.82. The second-order valence-electron chi connectivity index (χ2n) is 8.25. The van der Waals surface area contributed by atoms with Crippen LogP contribution in [0.5, 0.6) is 5.75 Å². The van der Waals surface area contributed by atoms with Gasteiger partial charge in [-0.25, -0.2) is 4.39 Å². The van der Waals surface area contributed by atoms with Crippen molar-refractivity contribution >= 4 is 17.3 Å². The molecule has 1 fully saturated rings. The first-order chi connectivity index (χ1) is 15.6. The molecule has 166 valence electrons. The number of nitrogens with one attached hydrogen (secondary N) is 4. The van der Waals surface area contributed by atoms with Gasteiger partial charge in [-0.15, -0.1) is 0 Å². The van der Waals surface area contributed by atoms with Crippen molar-refractivity contribution in [3.8, 4) is 17.0 Å². The van der Waals surface area contributed by atoms with Crippen LogP contribution in [0.3, 0.4) is 0 Å². The van der Waals surface area contributed by atoms with E-state index >= 15 is 0 Å². The first-order valence-electron chi connectivity index (χ1n) is 11.0. The number of hydrogen-bond donors (Lipinski definition) is 4. The molecule has 8 heteroatoms. The number of carbonyl (C=O) groups excluding carboxylic acids is 1. The molecule has 0 aliphatic carbocycles. The smallest absolute Gasteiger partial charge is 0.255 e. The minimum absolute atomic E-state index is 0.156. The number of halogens is 1. The van der Waals surface area contributed by atoms with Crippen LogP contribution < -0.4 is 20.7 Å². The maximum atomic E-state index is 14.2. The molecule has 0 bridgehead atoms. The van der Waals surface area contributed by atoms with Crippen molar-refractivity contribution in [2.75, 3.05) is 25.0 Å². The molecule has 32 heavy (non-hydrogen) atoms. The second kappa shape index (κ2) is 8.63. The Bertz CT molecular complexity index is 1150. The zero-order valence-electron chi connectivity index (χ0n) is 17.9. The summed E-state index contributed by atoms with van der Waals surface area (Å²) in [6.45, 7) is 3.84. The summed E-state index contributed by atoms with van der Waals surface area (Å²) >= 11 is 0. The van der Waals surface area contributed by atoms with Crippen LogP contribution in [0.1, 0.15) is 34.5 Å². The van der Waals surface area contributed by atoms with E-state index in [9.17, 15) is 9.18 Å². The van der Waals surface area contributed by atoms with Gasteiger partial charge in [-0.2, -0.15) is 0 Å². The Balaban J connectivity index is 1.57. The minimum Gasteiger partial charge on any atom is -0.490 e. The van der Waals surface area contributed by atoms with E-state index in [1.54, 1.807) is 31.5 Å². The zero-order chi connectivity index (χ0) is 22.1. The Kier molecular flexibility index (Phi) is 5.53. The normalized spacial score (nSPS) is 17.7. The lowest BCUT2D eigenvalue weighted by Gasteiger charge is -2.17. The summed E-state index contributed by atoms with van der Waals surface area (Å²) in [7, 11) is 0. The number of benzene rings is 1. The van der Waals surface area contributed by atoms with E-state index in [0.717, 1.165) is 36.3 Å². The highest BCUT2D eigenvalue weighted by Crippen LogP contribution is 2.40. The number of pyridine rings is 1. The molecule has 1 atom stereocenters. The van der Waals surface area contributed by atoms with Crippen LogP contribution in [-0.2, 0) is 6.42 Å². The van der Waals surface area contributed by atoms with Gasteiger partial charge >= 0.3 is 0 Å². The van der Waals surface area contributed by atoms with E-state index in [1.165, 1.54) is 6.07 Å². The summed E-state index contributed by atoms with van der Waals surface area (Å²) in [5, 5.41) is 9.66. The highest BCUT2D eigenvalue weighted by atomic mass is 19.1.